The minimum atomic E-state index is -0.392. The highest BCUT2D eigenvalue weighted by Crippen LogP contribution is 2.42. The monoisotopic (exact) mass is 1270 g/mol. The number of fused-ring (bicyclic) bond motifs is 6. The van der Waals surface area contributed by atoms with Gasteiger partial charge in [0.1, 0.15) is 22.5 Å². The first-order chi connectivity index (χ1) is 40.7. The number of hydrogen-bond acceptors (Lipinski definition) is 12. The molecule has 86 heavy (non-hydrogen) atoms. The van der Waals surface area contributed by atoms with Crippen LogP contribution in [0.15, 0.2) is 182 Å². The second-order valence-electron chi connectivity index (χ2n) is 24.5. The molecule has 0 atom stereocenters. The lowest BCUT2D eigenvalue weighted by molar-refractivity contribution is 0.00578. The van der Waals surface area contributed by atoms with E-state index in [1.54, 1.807) is 30.3 Å². The molecule has 12 nitrogen and oxygen atoms in total. The van der Waals surface area contributed by atoms with Gasteiger partial charge in [-0.2, -0.15) is 15.8 Å². The van der Waals surface area contributed by atoms with Gasteiger partial charge in [-0.25, -0.2) is 0 Å². The van der Waals surface area contributed by atoms with Crippen molar-refractivity contribution >= 4 is 113 Å². The van der Waals surface area contributed by atoms with Gasteiger partial charge >= 0.3 is 21.4 Å². The molecular formula is C69H64B3Br2N3O9. The Balaban J connectivity index is 0.000000132. The molecule has 3 saturated heterocycles. The van der Waals surface area contributed by atoms with Gasteiger partial charge < -0.3 is 41.9 Å². The zero-order valence-electron chi connectivity index (χ0n) is 50.1. The average Bonchev–Trinajstić information content (AvgIpc) is 1.78. The molecule has 0 spiro atoms. The molecule has 8 aromatic carbocycles. The molecule has 0 bridgehead atoms. The number of halogens is 2. The van der Waals surface area contributed by atoms with Crippen LogP contribution in [0.5, 0.6) is 5.75 Å². The summed E-state index contributed by atoms with van der Waals surface area (Å²) in [7, 11) is -1.08. The number of para-hydroxylation sites is 3. The summed E-state index contributed by atoms with van der Waals surface area (Å²) in [5.41, 5.74) is 9.17. The first-order valence-electron chi connectivity index (χ1n) is 28.3. The maximum Gasteiger partial charge on any atom is 0.494 e. The fraction of sp³-hybridized carbons (Fsp3) is 0.261. The lowest BCUT2D eigenvalue weighted by Gasteiger charge is -2.32. The van der Waals surface area contributed by atoms with Gasteiger partial charge in [0.15, 0.2) is 5.58 Å². The average molecular weight is 1270 g/mol. The van der Waals surface area contributed by atoms with E-state index in [0.717, 1.165) is 85.9 Å². The van der Waals surface area contributed by atoms with Crippen LogP contribution in [0.2, 0.25) is 0 Å². The number of benzene rings is 8. The van der Waals surface area contributed by atoms with Crippen molar-refractivity contribution in [3.63, 3.8) is 0 Å². The second-order valence-corrected chi connectivity index (χ2v) is 26.2. The van der Waals surface area contributed by atoms with Crippen LogP contribution in [0.1, 0.15) is 99.8 Å². The van der Waals surface area contributed by atoms with E-state index >= 15 is 0 Å². The summed E-state index contributed by atoms with van der Waals surface area (Å²) in [6.07, 6.45) is 0. The van der Waals surface area contributed by atoms with E-state index in [4.69, 9.17) is 47.3 Å². The number of rotatable bonds is 5. The minimum Gasteiger partial charge on any atom is -0.507 e. The van der Waals surface area contributed by atoms with Gasteiger partial charge in [-0.1, -0.05) is 119 Å². The van der Waals surface area contributed by atoms with Crippen molar-refractivity contribution in [3.05, 3.63) is 189 Å². The molecule has 0 saturated carbocycles. The molecule has 0 radical (unpaired) electrons. The Morgan fingerprint density at radius 2 is 0.756 bits per heavy atom. The number of phenolic OH excluding ortho intramolecular Hbond substituents is 1. The van der Waals surface area contributed by atoms with Crippen LogP contribution in [0.25, 0.3) is 66.1 Å². The van der Waals surface area contributed by atoms with Gasteiger partial charge in [0, 0.05) is 42.7 Å². The van der Waals surface area contributed by atoms with E-state index in [1.807, 2.05) is 133 Å². The molecule has 1 N–H and O–H groups in total. The van der Waals surface area contributed by atoms with Crippen molar-refractivity contribution < 1.29 is 41.9 Å². The Hall–Kier alpha value is -7.46. The van der Waals surface area contributed by atoms with Crippen LogP contribution in [0.3, 0.4) is 0 Å². The Labute approximate surface area is 520 Å². The van der Waals surface area contributed by atoms with Crippen LogP contribution in [0.4, 0.5) is 0 Å². The molecule has 13 rings (SSSR count). The zero-order chi connectivity index (χ0) is 61.7. The summed E-state index contributed by atoms with van der Waals surface area (Å²) in [6.45, 7) is 24.7. The third-order valence-electron chi connectivity index (χ3n) is 17.3. The van der Waals surface area contributed by atoms with Crippen molar-refractivity contribution in [1.82, 2.24) is 0 Å². The molecule has 432 valence electrons. The van der Waals surface area contributed by atoms with Crippen LogP contribution in [0, 0.1) is 34.0 Å². The zero-order valence-corrected chi connectivity index (χ0v) is 53.3. The maximum absolute atomic E-state index is 9.75. The SMILES string of the molecule is CC1(C)OB(c2ccc(-c3ccc(C#N)c4c3oc3ccccc34)cc2)OC1(C)C.CC1(C)OB(c2ccc(B3OC(C)(C)C(C)(C)O3)cc2)OC1(C)C.N#Cc1ccc(Br)c2oc3ccccc3c12.N#Cc1ccc(Br)cc1-c1ccccc1O. The minimum absolute atomic E-state index is 0.178. The van der Waals surface area contributed by atoms with E-state index < -0.39 is 7.12 Å². The normalized spacial score (nSPS) is 17.4. The van der Waals surface area contributed by atoms with E-state index in [0.29, 0.717) is 22.3 Å². The molecule has 0 amide bonds. The number of aromatic hydroxyl groups is 1. The van der Waals surface area contributed by atoms with Gasteiger partial charge in [-0.3, -0.25) is 0 Å². The molecule has 17 heteroatoms. The van der Waals surface area contributed by atoms with Crippen molar-refractivity contribution in [2.45, 2.75) is 117 Å². The third-order valence-corrected chi connectivity index (χ3v) is 18.4. The molecule has 0 unspecified atom stereocenters. The Bertz CT molecular complexity index is 4220. The van der Waals surface area contributed by atoms with E-state index in [1.165, 1.54) is 0 Å². The Morgan fingerprint density at radius 1 is 0.384 bits per heavy atom. The van der Waals surface area contributed by atoms with Gasteiger partial charge in [0.05, 0.1) is 73.0 Å². The molecular weight excluding hydrogens is 1210 g/mol. The number of phenols is 1. The van der Waals surface area contributed by atoms with Crippen molar-refractivity contribution in [1.29, 1.82) is 15.8 Å². The molecule has 3 aliphatic heterocycles. The van der Waals surface area contributed by atoms with E-state index in [2.05, 4.69) is 133 Å². The highest BCUT2D eigenvalue weighted by Gasteiger charge is 2.54. The lowest BCUT2D eigenvalue weighted by atomic mass is 9.74. The Kier molecular flexibility index (Phi) is 17.0. The molecule has 3 aliphatic rings. The largest absolute Gasteiger partial charge is 0.507 e. The Morgan fingerprint density at radius 3 is 1.20 bits per heavy atom. The fourth-order valence-electron chi connectivity index (χ4n) is 10.1. The van der Waals surface area contributed by atoms with Gasteiger partial charge in [0.25, 0.3) is 0 Å². The van der Waals surface area contributed by atoms with Crippen LogP contribution < -0.4 is 16.4 Å². The molecule has 10 aromatic rings. The molecule has 2 aromatic heterocycles. The predicted octanol–water partition coefficient (Wildman–Crippen LogP) is 15.6. The first kappa shape index (κ1) is 61.6. The summed E-state index contributed by atoms with van der Waals surface area (Å²) in [4.78, 5) is 0. The highest BCUT2D eigenvalue weighted by molar-refractivity contribution is 9.11. The van der Waals surface area contributed by atoms with E-state index in [-0.39, 0.29) is 53.6 Å². The fourth-order valence-corrected chi connectivity index (χ4v) is 10.9. The van der Waals surface area contributed by atoms with Crippen molar-refractivity contribution in [3.8, 4) is 46.2 Å². The summed E-state index contributed by atoms with van der Waals surface area (Å²) in [6, 6.07) is 58.3. The van der Waals surface area contributed by atoms with Crippen LogP contribution in [-0.2, 0) is 27.9 Å². The summed E-state index contributed by atoms with van der Waals surface area (Å²) < 4.78 is 50.4. The topological polar surface area (TPSA) is 173 Å². The van der Waals surface area contributed by atoms with Crippen LogP contribution >= 0.6 is 31.9 Å². The number of nitriles is 3. The van der Waals surface area contributed by atoms with Crippen molar-refractivity contribution in [2.24, 2.45) is 0 Å². The molecule has 0 aliphatic carbocycles. The first-order valence-corrected chi connectivity index (χ1v) is 29.9. The molecule has 5 heterocycles. The number of furan rings is 2. The smallest absolute Gasteiger partial charge is 0.494 e. The quantitative estimate of drug-likeness (QED) is 0.162. The standard InChI is InChI=1S/C25H22BNO3.C18H28B2O4.C13H6BrNO.C13H8BrNO/c1-24(2)25(3,4)30-26(29-24)18-12-9-16(10-13-18)19-14-11-17(15-27)22-20-7-5-6-8-21(20)28-23(19)22;1-15(2)16(3,4)22-19(21-15)13-9-11-14(12-10-13)20-23-17(5,6)18(7,8)24-20;14-10-6-5-8(7-15)12-9-3-1-2-4-11(9)16-13(10)12;14-10-6-5-9(8-15)12(7-10)11-3-1-2-4-13(11)16/h5-14H,1-4H3;9-12H,1-8H3;1-6H;1-7,16H. The van der Waals surface area contributed by atoms with E-state index in [9.17, 15) is 10.4 Å². The highest BCUT2D eigenvalue weighted by atomic mass is 79.9. The summed E-state index contributed by atoms with van der Waals surface area (Å²) in [5.74, 6) is 0.178. The van der Waals surface area contributed by atoms with Gasteiger partial charge in [-0.15, -0.1) is 0 Å². The van der Waals surface area contributed by atoms with Crippen molar-refractivity contribution in [2.75, 3.05) is 0 Å². The number of nitrogens with zero attached hydrogens (tertiary/aromatic N) is 3. The predicted molar refractivity (Wildman–Crippen MR) is 350 cm³/mol. The van der Waals surface area contributed by atoms with Crippen LogP contribution in [-0.4, -0.2) is 60.1 Å². The summed E-state index contributed by atoms with van der Waals surface area (Å²) >= 11 is 6.79. The summed E-state index contributed by atoms with van der Waals surface area (Å²) in [5, 5.41) is 41.1. The van der Waals surface area contributed by atoms with Gasteiger partial charge in [-0.05, 0) is 182 Å². The lowest BCUT2D eigenvalue weighted by Crippen LogP contribution is -2.41. The second kappa shape index (κ2) is 23.7. The maximum atomic E-state index is 9.75. The third kappa shape index (κ3) is 11.9. The molecule has 3 fully saturated rings. The number of hydrogen-bond donors (Lipinski definition) is 1. The van der Waals surface area contributed by atoms with Gasteiger partial charge in [0.2, 0.25) is 0 Å².